The van der Waals surface area contributed by atoms with Gasteiger partial charge in [0.1, 0.15) is 0 Å². The molecule has 1 aliphatic heterocycles. The molecule has 4 heteroatoms. The summed E-state index contributed by atoms with van der Waals surface area (Å²) in [5.41, 5.74) is 0.780. The summed E-state index contributed by atoms with van der Waals surface area (Å²) in [6.45, 7) is 0.863. The van der Waals surface area contributed by atoms with Gasteiger partial charge in [0, 0.05) is 17.9 Å². The van der Waals surface area contributed by atoms with E-state index >= 15 is 0 Å². The van der Waals surface area contributed by atoms with Gasteiger partial charge in [-0.2, -0.15) is 0 Å². The Morgan fingerprint density at radius 2 is 2.07 bits per heavy atom. The Bertz CT molecular complexity index is 364. The molecule has 0 unspecified atom stereocenters. The first-order valence-electron chi connectivity index (χ1n) is 4.60. The zero-order valence-corrected chi connectivity index (χ0v) is 10.7. The highest BCUT2D eigenvalue weighted by atomic mass is 79.9. The highest BCUT2D eigenvalue weighted by Crippen LogP contribution is 2.16. The molecule has 0 bridgehead atoms. The van der Waals surface area contributed by atoms with Gasteiger partial charge < -0.3 is 0 Å². The lowest BCUT2D eigenvalue weighted by atomic mass is 10.1. The molecular weight excluding hydrogens is 274 g/mol. The predicted octanol–water partition coefficient (Wildman–Crippen LogP) is 2.98. The van der Waals surface area contributed by atoms with E-state index in [1.807, 2.05) is 30.3 Å². The number of aliphatic imine (C=N–C) groups is 1. The van der Waals surface area contributed by atoms with Crippen molar-refractivity contribution in [2.24, 2.45) is 4.99 Å². The summed E-state index contributed by atoms with van der Waals surface area (Å²) in [7, 11) is 0. The monoisotopic (exact) mass is 285 g/mol. The van der Waals surface area contributed by atoms with Crippen molar-refractivity contribution < 1.29 is 4.79 Å². The molecule has 0 saturated carbocycles. The molecule has 1 aromatic carbocycles. The number of nitrogens with zero attached hydrogens (tertiary/aromatic N) is 1. The number of hydrogen-bond donors (Lipinski definition) is 0. The number of Topliss-reactive ketones (excluding diaryl/α,β-unsaturated/α-hetero) is 1. The van der Waals surface area contributed by atoms with E-state index in [0.29, 0.717) is 6.42 Å². The summed E-state index contributed by atoms with van der Waals surface area (Å²) >= 11 is 1.69. The quantitative estimate of drug-likeness (QED) is 0.799. The molecule has 2 nitrogen and oxygen atoms in total. The van der Waals surface area contributed by atoms with Gasteiger partial charge in [-0.05, 0) is 0 Å². The van der Waals surface area contributed by atoms with Gasteiger partial charge in [-0.1, -0.05) is 30.3 Å². The first kappa shape index (κ1) is 12.5. The highest BCUT2D eigenvalue weighted by molar-refractivity contribution is 8.93. The Morgan fingerprint density at radius 3 is 2.67 bits per heavy atom. The van der Waals surface area contributed by atoms with Crippen LogP contribution in [0.1, 0.15) is 16.8 Å². The Kier molecular flexibility index (Phi) is 5.05. The first-order chi connectivity index (χ1) is 6.86. The summed E-state index contributed by atoms with van der Waals surface area (Å²) < 4.78 is 0. The first-order valence-corrected chi connectivity index (χ1v) is 5.59. The number of benzene rings is 1. The van der Waals surface area contributed by atoms with Gasteiger partial charge >= 0.3 is 0 Å². The van der Waals surface area contributed by atoms with Crippen molar-refractivity contribution >= 4 is 39.6 Å². The number of carbonyl (C=O) groups excluding carboxylic acids is 1. The van der Waals surface area contributed by atoms with E-state index in [2.05, 4.69) is 4.99 Å². The third-order valence-corrected chi connectivity index (χ3v) is 3.05. The molecular formula is C11H12BrNOS. The van der Waals surface area contributed by atoms with E-state index in [0.717, 1.165) is 22.9 Å². The van der Waals surface area contributed by atoms with Crippen LogP contribution in [0.2, 0.25) is 0 Å². The van der Waals surface area contributed by atoms with Crippen LogP contribution in [0.5, 0.6) is 0 Å². The molecule has 1 aliphatic rings. The molecule has 0 saturated heterocycles. The zero-order valence-electron chi connectivity index (χ0n) is 8.18. The van der Waals surface area contributed by atoms with Crippen LogP contribution in [0.4, 0.5) is 0 Å². The molecule has 80 valence electrons. The molecule has 0 aliphatic carbocycles. The molecule has 2 rings (SSSR count). The SMILES string of the molecule is Br.O=C(CC1=NCCS1)c1ccccc1. The third kappa shape index (κ3) is 3.47. The van der Waals surface area contributed by atoms with Gasteiger partial charge in [0.15, 0.2) is 5.78 Å². The maximum Gasteiger partial charge on any atom is 0.169 e. The van der Waals surface area contributed by atoms with E-state index in [1.165, 1.54) is 0 Å². The lowest BCUT2D eigenvalue weighted by molar-refractivity contribution is 0.100. The summed E-state index contributed by atoms with van der Waals surface area (Å²) in [5.74, 6) is 1.19. The summed E-state index contributed by atoms with van der Waals surface area (Å²) in [4.78, 5) is 16.0. The number of halogens is 1. The standard InChI is InChI=1S/C11H11NOS.BrH/c13-10(8-11-12-6-7-14-11)9-4-2-1-3-5-9;/h1-5H,6-8H2;1H. The molecule has 0 fully saturated rings. The van der Waals surface area contributed by atoms with Crippen molar-refractivity contribution in [2.45, 2.75) is 6.42 Å². The lowest BCUT2D eigenvalue weighted by Gasteiger charge is -1.99. The average molecular weight is 286 g/mol. The van der Waals surface area contributed by atoms with Crippen molar-refractivity contribution in [3.8, 4) is 0 Å². The second-order valence-corrected chi connectivity index (χ2v) is 4.26. The van der Waals surface area contributed by atoms with E-state index < -0.39 is 0 Å². The molecule has 1 heterocycles. The largest absolute Gasteiger partial charge is 0.294 e. The van der Waals surface area contributed by atoms with Gasteiger partial charge in [0.2, 0.25) is 0 Å². The molecule has 0 radical (unpaired) electrons. The summed E-state index contributed by atoms with van der Waals surface area (Å²) in [5, 5.41) is 0.985. The minimum absolute atomic E-state index is 0. The normalized spacial score (nSPS) is 14.3. The Labute approximate surface area is 104 Å². The zero-order chi connectivity index (χ0) is 9.80. The predicted molar refractivity (Wildman–Crippen MR) is 70.5 cm³/mol. The smallest absolute Gasteiger partial charge is 0.169 e. The van der Waals surface area contributed by atoms with E-state index in [9.17, 15) is 4.79 Å². The summed E-state index contributed by atoms with van der Waals surface area (Å²) in [6.07, 6.45) is 0.467. The maximum atomic E-state index is 11.7. The fourth-order valence-corrected chi connectivity index (χ4v) is 2.18. The number of carbonyl (C=O) groups is 1. The van der Waals surface area contributed by atoms with Crippen molar-refractivity contribution in [2.75, 3.05) is 12.3 Å². The Morgan fingerprint density at radius 1 is 1.33 bits per heavy atom. The van der Waals surface area contributed by atoms with Gasteiger partial charge in [-0.25, -0.2) is 0 Å². The Balaban J connectivity index is 0.00000112. The van der Waals surface area contributed by atoms with Crippen molar-refractivity contribution in [1.82, 2.24) is 0 Å². The van der Waals surface area contributed by atoms with Crippen molar-refractivity contribution in [3.05, 3.63) is 35.9 Å². The van der Waals surface area contributed by atoms with Gasteiger partial charge in [-0.3, -0.25) is 9.79 Å². The molecule has 1 aromatic rings. The van der Waals surface area contributed by atoms with Crippen LogP contribution in [0.3, 0.4) is 0 Å². The maximum absolute atomic E-state index is 11.7. The van der Waals surface area contributed by atoms with E-state index in [1.54, 1.807) is 11.8 Å². The van der Waals surface area contributed by atoms with Crippen molar-refractivity contribution in [3.63, 3.8) is 0 Å². The van der Waals surface area contributed by atoms with Crippen molar-refractivity contribution in [1.29, 1.82) is 0 Å². The van der Waals surface area contributed by atoms with Crippen LogP contribution >= 0.6 is 28.7 Å². The van der Waals surface area contributed by atoms with Gasteiger partial charge in [0.25, 0.3) is 0 Å². The number of ketones is 1. The topological polar surface area (TPSA) is 29.4 Å². The third-order valence-electron chi connectivity index (χ3n) is 2.06. The number of hydrogen-bond acceptors (Lipinski definition) is 3. The fraction of sp³-hybridized carbons (Fsp3) is 0.273. The minimum Gasteiger partial charge on any atom is -0.294 e. The number of rotatable bonds is 3. The number of thioether (sulfide) groups is 1. The van der Waals surface area contributed by atoms with Crippen LogP contribution in [0.25, 0.3) is 0 Å². The minimum atomic E-state index is 0. The summed E-state index contributed by atoms with van der Waals surface area (Å²) in [6, 6.07) is 9.39. The molecule has 0 aromatic heterocycles. The van der Waals surface area contributed by atoms with Crippen LogP contribution in [-0.2, 0) is 0 Å². The molecule has 0 amide bonds. The average Bonchev–Trinajstić information content (AvgIpc) is 2.72. The van der Waals surface area contributed by atoms with E-state index in [-0.39, 0.29) is 22.8 Å². The Hall–Kier alpha value is -0.610. The highest BCUT2D eigenvalue weighted by Gasteiger charge is 2.12. The molecule has 0 spiro atoms. The second-order valence-electron chi connectivity index (χ2n) is 3.09. The fourth-order valence-electron chi connectivity index (χ4n) is 1.35. The van der Waals surface area contributed by atoms with Crippen LogP contribution in [-0.4, -0.2) is 23.1 Å². The molecule has 0 N–H and O–H groups in total. The molecule has 15 heavy (non-hydrogen) atoms. The van der Waals surface area contributed by atoms with Crippen LogP contribution in [0, 0.1) is 0 Å². The van der Waals surface area contributed by atoms with Gasteiger partial charge in [-0.15, -0.1) is 28.7 Å². The second kappa shape index (κ2) is 6.08. The van der Waals surface area contributed by atoms with Crippen LogP contribution in [0.15, 0.2) is 35.3 Å². The van der Waals surface area contributed by atoms with Gasteiger partial charge in [0.05, 0.1) is 11.5 Å². The lowest BCUT2D eigenvalue weighted by Crippen LogP contribution is -2.03. The van der Waals surface area contributed by atoms with Crippen LogP contribution < -0.4 is 0 Å². The molecule has 0 atom stereocenters. The van der Waals surface area contributed by atoms with E-state index in [4.69, 9.17) is 0 Å².